The number of hydrogen-bond donors (Lipinski definition) is 4. The predicted molar refractivity (Wildman–Crippen MR) is 155 cm³/mol. The number of carbonyl (C=O) groups is 3. The molecule has 1 aromatic heterocycles. The number of nitrogens with two attached hydrogens (primary N) is 3. The molecule has 3 unspecified atom stereocenters. The van der Waals surface area contributed by atoms with Crippen LogP contribution in [0.2, 0.25) is 0 Å². The second-order valence-electron chi connectivity index (χ2n) is 11.0. The number of Topliss-reactive ketones (excluding diaryl/α,β-unsaturated/α-hetero) is 1. The fourth-order valence-electron chi connectivity index (χ4n) is 5.90. The van der Waals surface area contributed by atoms with Crippen molar-refractivity contribution in [2.75, 3.05) is 18.8 Å². The average molecular weight is 546 g/mol. The Morgan fingerprint density at radius 3 is 2.62 bits per heavy atom. The summed E-state index contributed by atoms with van der Waals surface area (Å²) in [7, 11) is 0. The van der Waals surface area contributed by atoms with Crippen LogP contribution < -0.4 is 22.5 Å². The van der Waals surface area contributed by atoms with Crippen LogP contribution in [0.25, 0.3) is 10.1 Å². The summed E-state index contributed by atoms with van der Waals surface area (Å²) >= 11 is 1.23. The highest BCUT2D eigenvalue weighted by atomic mass is 32.1. The highest BCUT2D eigenvalue weighted by Crippen LogP contribution is 2.49. The van der Waals surface area contributed by atoms with Crippen LogP contribution in [0.1, 0.15) is 64.7 Å². The molecule has 0 radical (unpaired) electrons. The first kappa shape index (κ1) is 27.1. The summed E-state index contributed by atoms with van der Waals surface area (Å²) in [5.74, 6) is -0.362. The standard InChI is InChI=1S/C30H35N5O3S/c1-4-22(36)35-13-5-6-19(15-35)34-29(38)27-24-23-20(11-12-21(31)26(23)39-27)30(33,28(37)25(24)32)18-9-7-17(8-10-18)14-16(2)3/h4,7-12,16,19,25H,1,5-6,13-15,31-33H2,2-3H3,(H,34,38). The Hall–Kier alpha value is -3.53. The third-order valence-electron chi connectivity index (χ3n) is 7.82. The molecule has 204 valence electrons. The first-order valence-electron chi connectivity index (χ1n) is 13.3. The van der Waals surface area contributed by atoms with Gasteiger partial charge in [0.25, 0.3) is 5.91 Å². The van der Waals surface area contributed by atoms with Crippen LogP contribution in [0, 0.1) is 5.92 Å². The molecule has 0 spiro atoms. The van der Waals surface area contributed by atoms with Crippen molar-refractivity contribution in [2.24, 2.45) is 17.4 Å². The Labute approximate surface area is 232 Å². The average Bonchev–Trinajstić information content (AvgIpc) is 3.33. The van der Waals surface area contributed by atoms with Gasteiger partial charge < -0.3 is 27.4 Å². The van der Waals surface area contributed by atoms with E-state index in [1.165, 1.54) is 23.0 Å². The van der Waals surface area contributed by atoms with Gasteiger partial charge >= 0.3 is 0 Å². The van der Waals surface area contributed by atoms with Crippen LogP contribution in [-0.2, 0) is 21.5 Å². The van der Waals surface area contributed by atoms with Gasteiger partial charge in [-0.15, -0.1) is 11.3 Å². The smallest absolute Gasteiger partial charge is 0.262 e. The minimum absolute atomic E-state index is 0.160. The summed E-state index contributed by atoms with van der Waals surface area (Å²) in [6, 6.07) is 9.99. The lowest BCUT2D eigenvalue weighted by atomic mass is 9.70. The number of nitrogens with zero attached hydrogens (tertiary/aromatic N) is 1. The number of ketones is 1. The van der Waals surface area contributed by atoms with Gasteiger partial charge in [0.05, 0.1) is 15.6 Å². The molecule has 3 atom stereocenters. The number of anilines is 1. The highest BCUT2D eigenvalue weighted by Gasteiger charge is 2.48. The van der Waals surface area contributed by atoms with E-state index in [0.29, 0.717) is 56.3 Å². The molecule has 1 saturated heterocycles. The largest absolute Gasteiger partial charge is 0.398 e. The number of piperidine rings is 1. The van der Waals surface area contributed by atoms with E-state index in [2.05, 4.69) is 25.7 Å². The zero-order valence-electron chi connectivity index (χ0n) is 22.3. The molecule has 39 heavy (non-hydrogen) atoms. The lowest BCUT2D eigenvalue weighted by Gasteiger charge is -2.37. The molecule has 5 rings (SSSR count). The van der Waals surface area contributed by atoms with Crippen molar-refractivity contribution in [3.63, 3.8) is 0 Å². The molecule has 7 N–H and O–H groups in total. The van der Waals surface area contributed by atoms with Crippen LogP contribution in [0.4, 0.5) is 5.69 Å². The molecule has 2 heterocycles. The van der Waals surface area contributed by atoms with Crippen molar-refractivity contribution in [2.45, 2.75) is 50.7 Å². The highest BCUT2D eigenvalue weighted by molar-refractivity contribution is 7.21. The van der Waals surface area contributed by atoms with E-state index in [9.17, 15) is 14.4 Å². The first-order chi connectivity index (χ1) is 18.6. The van der Waals surface area contributed by atoms with E-state index < -0.39 is 11.6 Å². The van der Waals surface area contributed by atoms with Crippen LogP contribution in [0.5, 0.6) is 0 Å². The number of hydrogen-bond acceptors (Lipinski definition) is 7. The number of nitrogen functional groups attached to an aromatic ring is 1. The topological polar surface area (TPSA) is 145 Å². The molecule has 3 aromatic rings. The molecule has 9 heteroatoms. The minimum Gasteiger partial charge on any atom is -0.398 e. The maximum absolute atomic E-state index is 13.9. The van der Waals surface area contributed by atoms with Gasteiger partial charge in [0, 0.05) is 35.8 Å². The molecule has 1 fully saturated rings. The van der Waals surface area contributed by atoms with E-state index in [4.69, 9.17) is 17.2 Å². The van der Waals surface area contributed by atoms with Gasteiger partial charge in [-0.3, -0.25) is 14.4 Å². The number of rotatable bonds is 6. The van der Waals surface area contributed by atoms with E-state index in [1.54, 1.807) is 17.0 Å². The van der Waals surface area contributed by atoms with Gasteiger partial charge in [-0.05, 0) is 54.0 Å². The molecule has 2 amide bonds. The van der Waals surface area contributed by atoms with E-state index in [-0.39, 0.29) is 23.6 Å². The van der Waals surface area contributed by atoms with Crippen LogP contribution in [0.15, 0.2) is 49.1 Å². The molecule has 0 saturated carbocycles. The summed E-state index contributed by atoms with van der Waals surface area (Å²) in [4.78, 5) is 41.7. The van der Waals surface area contributed by atoms with Gasteiger partial charge in [-0.1, -0.05) is 50.8 Å². The Bertz CT molecular complexity index is 1480. The fraction of sp³-hybridized carbons (Fsp3) is 0.367. The third kappa shape index (κ3) is 4.54. The lowest BCUT2D eigenvalue weighted by molar-refractivity contribution is -0.127. The molecule has 8 nitrogen and oxygen atoms in total. The Kier molecular flexibility index (Phi) is 7.09. The number of likely N-dealkylation sites (tertiary alicyclic amines) is 1. The van der Waals surface area contributed by atoms with Crippen molar-refractivity contribution in [1.82, 2.24) is 10.2 Å². The van der Waals surface area contributed by atoms with Gasteiger partial charge in [0.2, 0.25) is 5.91 Å². The summed E-state index contributed by atoms with van der Waals surface area (Å²) in [6.45, 7) is 8.90. The first-order valence-corrected chi connectivity index (χ1v) is 14.1. The minimum atomic E-state index is -1.47. The molecule has 1 aliphatic carbocycles. The molecule has 0 bridgehead atoms. The third-order valence-corrected chi connectivity index (χ3v) is 9.07. The van der Waals surface area contributed by atoms with Crippen LogP contribution in [-0.4, -0.2) is 41.6 Å². The van der Waals surface area contributed by atoms with Gasteiger partial charge in [-0.25, -0.2) is 0 Å². The molecule has 2 aromatic carbocycles. The van der Waals surface area contributed by atoms with Crippen molar-refractivity contribution in [3.05, 3.63) is 76.2 Å². The monoisotopic (exact) mass is 545 g/mol. The summed E-state index contributed by atoms with van der Waals surface area (Å²) < 4.78 is 0.689. The summed E-state index contributed by atoms with van der Waals surface area (Å²) in [5.41, 5.74) is 21.8. The number of amides is 2. The SMILES string of the molecule is C=CC(=O)N1CCCC(NC(=O)c2sc3c(N)ccc4c3c2C(N)C(=O)C4(N)c2ccc(CC(C)C)cc2)C1. The van der Waals surface area contributed by atoms with Gasteiger partial charge in [0.1, 0.15) is 5.54 Å². The number of benzene rings is 2. The van der Waals surface area contributed by atoms with Gasteiger partial charge in [0.15, 0.2) is 5.78 Å². The normalized spacial score (nSPS) is 22.8. The Balaban J connectivity index is 1.55. The van der Waals surface area contributed by atoms with Crippen molar-refractivity contribution in [1.29, 1.82) is 0 Å². The second-order valence-corrected chi connectivity index (χ2v) is 12.0. The van der Waals surface area contributed by atoms with Crippen molar-refractivity contribution < 1.29 is 14.4 Å². The van der Waals surface area contributed by atoms with E-state index >= 15 is 0 Å². The predicted octanol–water partition coefficient (Wildman–Crippen LogP) is 3.37. The van der Waals surface area contributed by atoms with E-state index in [0.717, 1.165) is 19.3 Å². The maximum Gasteiger partial charge on any atom is 0.262 e. The van der Waals surface area contributed by atoms with Crippen LogP contribution >= 0.6 is 11.3 Å². The van der Waals surface area contributed by atoms with Crippen molar-refractivity contribution in [3.8, 4) is 0 Å². The number of thiophene rings is 1. The lowest BCUT2D eigenvalue weighted by Crippen LogP contribution is -2.53. The van der Waals surface area contributed by atoms with Crippen molar-refractivity contribution >= 4 is 44.7 Å². The molecule has 2 aliphatic rings. The Morgan fingerprint density at radius 1 is 1.23 bits per heavy atom. The number of carbonyl (C=O) groups excluding carboxylic acids is 3. The van der Waals surface area contributed by atoms with Crippen LogP contribution in [0.3, 0.4) is 0 Å². The molecular formula is C30H35N5O3S. The summed E-state index contributed by atoms with van der Waals surface area (Å²) in [6.07, 6.45) is 3.71. The number of nitrogens with one attached hydrogen (secondary N) is 1. The maximum atomic E-state index is 13.9. The molecular weight excluding hydrogens is 510 g/mol. The molecule has 1 aliphatic heterocycles. The zero-order valence-corrected chi connectivity index (χ0v) is 23.1. The summed E-state index contributed by atoms with van der Waals surface area (Å²) in [5, 5.41) is 3.74. The van der Waals surface area contributed by atoms with Gasteiger partial charge in [-0.2, -0.15) is 0 Å². The second kappa shape index (κ2) is 10.2. The quantitative estimate of drug-likeness (QED) is 0.276. The zero-order chi connectivity index (χ0) is 28.1. The Morgan fingerprint density at radius 2 is 1.95 bits per heavy atom. The fourth-order valence-corrected chi connectivity index (χ4v) is 7.10. The van der Waals surface area contributed by atoms with E-state index in [1.807, 2.05) is 24.3 Å².